The Morgan fingerprint density at radius 2 is 2.22 bits per heavy atom. The van der Waals surface area contributed by atoms with Gasteiger partial charge in [-0.1, -0.05) is 6.07 Å². The minimum Gasteiger partial charge on any atom is -0.322 e. The third kappa shape index (κ3) is 3.90. The molecule has 0 saturated carbocycles. The molecular formula is C9H11ClN4O3S. The van der Waals surface area contributed by atoms with Crippen molar-refractivity contribution in [2.75, 3.05) is 10.5 Å². The Morgan fingerprint density at radius 3 is 2.83 bits per heavy atom. The zero-order valence-electron chi connectivity index (χ0n) is 9.13. The topological polar surface area (TPSA) is 114 Å². The van der Waals surface area contributed by atoms with E-state index in [1.165, 1.54) is 24.3 Å². The summed E-state index contributed by atoms with van der Waals surface area (Å²) in [5.74, 6) is 4.80. The van der Waals surface area contributed by atoms with E-state index in [9.17, 15) is 13.2 Å². The maximum atomic E-state index is 11.5. The molecule has 2 amide bonds. The lowest BCUT2D eigenvalue weighted by Crippen LogP contribution is -2.27. The van der Waals surface area contributed by atoms with Crippen LogP contribution in [0, 0.1) is 0 Å². The minimum atomic E-state index is -3.53. The van der Waals surface area contributed by atoms with Crippen LogP contribution < -0.4 is 16.5 Å². The molecule has 0 saturated heterocycles. The Kier molecular flexibility index (Phi) is 4.93. The second-order valence-electron chi connectivity index (χ2n) is 3.13. The summed E-state index contributed by atoms with van der Waals surface area (Å²) in [6.07, 6.45) is 0.995. The number of sulfone groups is 1. The molecule has 0 radical (unpaired) electrons. The molecular weight excluding hydrogens is 280 g/mol. The first-order valence-corrected chi connectivity index (χ1v) is 6.86. The van der Waals surface area contributed by atoms with Gasteiger partial charge < -0.3 is 11.2 Å². The largest absolute Gasteiger partial charge is 0.324 e. The van der Waals surface area contributed by atoms with Crippen LogP contribution in [0.25, 0.3) is 0 Å². The van der Waals surface area contributed by atoms with Crippen LogP contribution in [0.3, 0.4) is 0 Å². The maximum absolute atomic E-state index is 11.5. The van der Waals surface area contributed by atoms with Gasteiger partial charge in [0.05, 0.1) is 4.90 Å². The number of hydrogen-bond donors (Lipinski definition) is 3. The molecule has 0 aromatic heterocycles. The zero-order chi connectivity index (χ0) is 13.6. The molecule has 0 unspecified atom stereocenters. The molecule has 0 spiro atoms. The van der Waals surface area contributed by atoms with E-state index in [-0.39, 0.29) is 4.90 Å². The summed E-state index contributed by atoms with van der Waals surface area (Å²) in [4.78, 5) is 11.3. The van der Waals surface area contributed by atoms with Crippen LogP contribution >= 0.6 is 11.6 Å². The molecule has 1 rings (SSSR count). The fourth-order valence-corrected chi connectivity index (χ4v) is 2.19. The Morgan fingerprint density at radius 1 is 1.50 bits per heavy atom. The van der Waals surface area contributed by atoms with E-state index in [1.807, 2.05) is 0 Å². The highest BCUT2D eigenvalue weighted by Crippen LogP contribution is 2.17. The van der Waals surface area contributed by atoms with Crippen LogP contribution in [0.15, 0.2) is 34.3 Å². The highest BCUT2D eigenvalue weighted by atomic mass is 35.5. The van der Waals surface area contributed by atoms with E-state index < -0.39 is 21.1 Å². The van der Waals surface area contributed by atoms with Crippen molar-refractivity contribution in [2.24, 2.45) is 10.9 Å². The molecule has 0 heterocycles. The number of halogens is 1. The Bertz CT molecular complexity index is 559. The normalized spacial score (nSPS) is 11.4. The molecule has 1 aromatic carbocycles. The molecule has 0 aliphatic heterocycles. The summed E-state index contributed by atoms with van der Waals surface area (Å²) >= 11 is 5.34. The minimum absolute atomic E-state index is 0.0304. The number of alkyl halides is 1. The first-order chi connectivity index (χ1) is 8.49. The van der Waals surface area contributed by atoms with Crippen molar-refractivity contribution >= 4 is 39.5 Å². The van der Waals surface area contributed by atoms with Gasteiger partial charge in [0, 0.05) is 5.69 Å². The summed E-state index contributed by atoms with van der Waals surface area (Å²) in [7, 11) is -3.53. The Labute approximate surface area is 109 Å². The lowest BCUT2D eigenvalue weighted by molar-refractivity contribution is 0.256. The van der Waals surface area contributed by atoms with Crippen LogP contribution in [0.4, 0.5) is 10.5 Å². The SMILES string of the molecule is N/N=C/NC(=O)Nc1cccc(S(=O)(=O)CCl)c1. The Balaban J connectivity index is 2.87. The highest BCUT2D eigenvalue weighted by Gasteiger charge is 2.13. The number of rotatable bonds is 4. The summed E-state index contributed by atoms with van der Waals surface area (Å²) < 4.78 is 23.0. The molecule has 0 fully saturated rings. The van der Waals surface area contributed by atoms with Gasteiger partial charge in [-0.25, -0.2) is 13.2 Å². The maximum Gasteiger partial charge on any atom is 0.324 e. The van der Waals surface area contributed by atoms with Crippen molar-refractivity contribution in [1.82, 2.24) is 5.32 Å². The number of benzene rings is 1. The second kappa shape index (κ2) is 6.22. The van der Waals surface area contributed by atoms with E-state index in [4.69, 9.17) is 17.4 Å². The van der Waals surface area contributed by atoms with Gasteiger partial charge in [0.1, 0.15) is 11.6 Å². The highest BCUT2D eigenvalue weighted by molar-refractivity contribution is 7.92. The van der Waals surface area contributed by atoms with E-state index in [1.54, 1.807) is 0 Å². The molecule has 0 atom stereocenters. The van der Waals surface area contributed by atoms with Crippen LogP contribution in [-0.2, 0) is 9.84 Å². The van der Waals surface area contributed by atoms with Crippen molar-refractivity contribution < 1.29 is 13.2 Å². The average molecular weight is 291 g/mol. The van der Waals surface area contributed by atoms with Crippen molar-refractivity contribution in [2.45, 2.75) is 4.90 Å². The summed E-state index contributed by atoms with van der Waals surface area (Å²) in [5.41, 5.74) is 0.309. The number of urea groups is 1. The smallest absolute Gasteiger partial charge is 0.322 e. The van der Waals surface area contributed by atoms with Gasteiger partial charge in [0.2, 0.25) is 0 Å². The number of anilines is 1. The predicted molar refractivity (Wildman–Crippen MR) is 69.2 cm³/mol. The monoisotopic (exact) mass is 290 g/mol. The summed E-state index contributed by atoms with van der Waals surface area (Å²) in [6, 6.07) is 5.13. The number of hydrogen-bond acceptors (Lipinski definition) is 5. The lowest BCUT2D eigenvalue weighted by Gasteiger charge is -2.06. The van der Waals surface area contributed by atoms with Crippen LogP contribution in [0.1, 0.15) is 0 Å². The van der Waals surface area contributed by atoms with Gasteiger partial charge in [-0.3, -0.25) is 5.32 Å². The summed E-state index contributed by atoms with van der Waals surface area (Å²) in [5, 5.41) is 7.17. The van der Waals surface area contributed by atoms with E-state index in [0.717, 1.165) is 6.34 Å². The first kappa shape index (κ1) is 14.3. The number of nitrogens with zero attached hydrogens (tertiary/aromatic N) is 1. The fraction of sp³-hybridized carbons (Fsp3) is 0.111. The van der Waals surface area contributed by atoms with Crippen molar-refractivity contribution in [3.05, 3.63) is 24.3 Å². The number of nitrogens with one attached hydrogen (secondary N) is 2. The molecule has 4 N–H and O–H groups in total. The molecule has 0 bridgehead atoms. The number of carbonyl (C=O) groups excluding carboxylic acids is 1. The average Bonchev–Trinajstić information content (AvgIpc) is 2.36. The molecule has 0 aliphatic rings. The van der Waals surface area contributed by atoms with Gasteiger partial charge in [-0.2, -0.15) is 5.10 Å². The standard InChI is InChI=1S/C9H11ClN4O3S/c10-5-18(16,17)8-3-1-2-7(4-8)14-9(15)12-6-13-11/h1-4,6H,5,11H2,(H2,12,13,14,15). The third-order valence-corrected chi connectivity index (χ3v) is 3.99. The predicted octanol–water partition coefficient (Wildman–Crippen LogP) is 0.680. The number of carbonyl (C=O) groups is 1. The summed E-state index contributed by atoms with van der Waals surface area (Å²) in [6.45, 7) is 0. The Hall–Kier alpha value is -1.80. The lowest BCUT2D eigenvalue weighted by atomic mass is 10.3. The molecule has 18 heavy (non-hydrogen) atoms. The van der Waals surface area contributed by atoms with Gasteiger partial charge in [0.25, 0.3) is 0 Å². The van der Waals surface area contributed by atoms with Crippen molar-refractivity contribution in [3.63, 3.8) is 0 Å². The first-order valence-electron chi connectivity index (χ1n) is 4.67. The fourth-order valence-electron chi connectivity index (χ4n) is 1.09. The van der Waals surface area contributed by atoms with Gasteiger partial charge in [0.15, 0.2) is 9.84 Å². The number of nitrogens with two attached hydrogens (primary N) is 1. The molecule has 7 nitrogen and oxygen atoms in total. The number of hydrazone groups is 1. The molecule has 1 aromatic rings. The third-order valence-electron chi connectivity index (χ3n) is 1.86. The quantitative estimate of drug-likeness (QED) is 0.249. The van der Waals surface area contributed by atoms with E-state index in [2.05, 4.69) is 15.7 Å². The molecule has 98 valence electrons. The molecule has 9 heteroatoms. The van der Waals surface area contributed by atoms with E-state index in [0.29, 0.717) is 5.69 Å². The molecule has 0 aliphatic carbocycles. The number of amides is 2. The van der Waals surface area contributed by atoms with Crippen LogP contribution in [0.5, 0.6) is 0 Å². The van der Waals surface area contributed by atoms with E-state index >= 15 is 0 Å². The van der Waals surface area contributed by atoms with Gasteiger partial charge in [-0.15, -0.1) is 11.6 Å². The van der Waals surface area contributed by atoms with Crippen molar-refractivity contribution in [1.29, 1.82) is 0 Å². The van der Waals surface area contributed by atoms with Gasteiger partial charge in [-0.05, 0) is 18.2 Å². The zero-order valence-corrected chi connectivity index (χ0v) is 10.7. The second-order valence-corrected chi connectivity index (χ2v) is 5.70. The van der Waals surface area contributed by atoms with Crippen LogP contribution in [-0.4, -0.2) is 26.0 Å². The van der Waals surface area contributed by atoms with Crippen molar-refractivity contribution in [3.8, 4) is 0 Å². The van der Waals surface area contributed by atoms with Gasteiger partial charge >= 0.3 is 6.03 Å². The van der Waals surface area contributed by atoms with Crippen LogP contribution in [0.2, 0.25) is 0 Å².